The summed E-state index contributed by atoms with van der Waals surface area (Å²) in [6.07, 6.45) is 70.1. The molecule has 12 atom stereocenters. The van der Waals surface area contributed by atoms with Crippen LogP contribution in [-0.4, -0.2) is 140 Å². The van der Waals surface area contributed by atoms with Crippen LogP contribution in [0.15, 0.2) is 158 Å². The molecule has 2 fully saturated rings. The first kappa shape index (κ1) is 79.7. The van der Waals surface area contributed by atoms with Crippen LogP contribution >= 0.6 is 0 Å². The van der Waals surface area contributed by atoms with E-state index in [1.165, 1.54) is 57.8 Å². The summed E-state index contributed by atoms with van der Waals surface area (Å²) in [4.78, 5) is 13.3. The summed E-state index contributed by atoms with van der Waals surface area (Å²) in [6, 6.07) is -0.954. The molecule has 2 aliphatic rings. The Labute approximate surface area is 531 Å². The summed E-state index contributed by atoms with van der Waals surface area (Å²) in [5.74, 6) is -0.275. The number of unbranched alkanes of at least 4 members (excludes halogenated alkanes) is 15. The molecule has 14 nitrogen and oxygen atoms in total. The van der Waals surface area contributed by atoms with E-state index >= 15 is 0 Å². The van der Waals surface area contributed by atoms with Crippen LogP contribution in [0.1, 0.15) is 206 Å². The zero-order valence-electron chi connectivity index (χ0n) is 53.9. The Morgan fingerprint density at radius 1 is 0.420 bits per heavy atom. The van der Waals surface area contributed by atoms with Crippen molar-refractivity contribution in [3.05, 3.63) is 158 Å². The number of allylic oxidation sites excluding steroid dienone is 25. The second-order valence-electron chi connectivity index (χ2n) is 22.9. The van der Waals surface area contributed by atoms with E-state index in [-0.39, 0.29) is 18.9 Å². The predicted molar refractivity (Wildman–Crippen MR) is 359 cm³/mol. The average molecular weight is 1230 g/mol. The molecule has 2 rings (SSSR count). The highest BCUT2D eigenvalue weighted by Crippen LogP contribution is 2.30. The second kappa shape index (κ2) is 56.6. The molecule has 0 aromatic carbocycles. The van der Waals surface area contributed by atoms with Crippen molar-refractivity contribution < 1.29 is 64.6 Å². The summed E-state index contributed by atoms with van der Waals surface area (Å²) in [6.45, 7) is 2.62. The molecular formula is C74H119NO13. The number of nitrogens with one attached hydrogen (secondary N) is 1. The fourth-order valence-electron chi connectivity index (χ4n) is 9.84. The lowest BCUT2D eigenvalue weighted by atomic mass is 9.97. The number of hydrogen-bond acceptors (Lipinski definition) is 13. The minimum atomic E-state index is -1.80. The molecule has 0 aromatic rings. The molecule has 0 bridgehead atoms. The van der Waals surface area contributed by atoms with Gasteiger partial charge in [0.05, 0.1) is 32.0 Å². The smallest absolute Gasteiger partial charge is 0.220 e. The van der Waals surface area contributed by atoms with Gasteiger partial charge in [0.2, 0.25) is 5.91 Å². The number of hydrogen-bond donors (Lipinski definition) is 9. The lowest BCUT2D eigenvalue weighted by molar-refractivity contribution is -0.359. The molecule has 0 radical (unpaired) electrons. The van der Waals surface area contributed by atoms with E-state index in [2.05, 4.69) is 165 Å². The van der Waals surface area contributed by atoms with E-state index in [0.29, 0.717) is 12.8 Å². The Bertz CT molecular complexity index is 2080. The van der Waals surface area contributed by atoms with Crippen molar-refractivity contribution in [2.45, 2.75) is 280 Å². The van der Waals surface area contributed by atoms with Gasteiger partial charge >= 0.3 is 0 Å². The standard InChI is InChI=1S/C74H119NO13/c1-3-5-7-9-11-13-15-17-19-20-21-22-23-24-25-26-27-28-29-30-31-32-33-34-35-36-37-38-39-40-41-42-44-46-48-50-52-54-56-58-66(79)75-62(63(78)57-55-53-51-49-47-45-43-18-16-14-12-10-8-6-4-2)61-85-73-71(84)69(82)72(65(60-77)87-73)88-74-70(83)68(81)67(80)64(59-76)86-74/h5,7,11,13,17,19,21-22,24-25,27-28,30-31,33-34,36-37,39-40,42,44,47,49,55,57,62-65,67-74,76-78,80-84H,3-4,6,8-10,12,14-16,18,20,23,26,29,32,35,38,41,43,45-46,48,50-54,56,58-61H2,1-2H3,(H,75,79)/b7-5-,13-11-,19-17-,22-21-,25-24-,28-27-,31-30-,34-33-,37-36-,40-39-,44-42-,49-47+,57-55+. The third-order valence-corrected chi connectivity index (χ3v) is 15.2. The molecule has 0 aromatic heterocycles. The van der Waals surface area contributed by atoms with Crippen molar-refractivity contribution in [3.63, 3.8) is 0 Å². The Morgan fingerprint density at radius 2 is 0.795 bits per heavy atom. The Hall–Kier alpha value is -4.39. The molecule has 0 spiro atoms. The Kier molecular flexibility index (Phi) is 51.2. The third kappa shape index (κ3) is 40.4. The van der Waals surface area contributed by atoms with Gasteiger partial charge in [0.25, 0.3) is 0 Å². The molecule has 12 unspecified atom stereocenters. The van der Waals surface area contributed by atoms with Crippen molar-refractivity contribution >= 4 is 5.91 Å². The molecule has 0 aliphatic carbocycles. The minimum absolute atomic E-state index is 0.240. The van der Waals surface area contributed by atoms with Crippen LogP contribution in [0.3, 0.4) is 0 Å². The van der Waals surface area contributed by atoms with Crippen LogP contribution in [0.5, 0.6) is 0 Å². The van der Waals surface area contributed by atoms with Crippen molar-refractivity contribution in [2.75, 3.05) is 19.8 Å². The first-order valence-electron chi connectivity index (χ1n) is 33.7. The number of carbonyl (C=O) groups excluding carboxylic acids is 1. The van der Waals surface area contributed by atoms with Gasteiger partial charge in [-0.15, -0.1) is 0 Å². The lowest BCUT2D eigenvalue weighted by Crippen LogP contribution is -2.65. The van der Waals surface area contributed by atoms with Gasteiger partial charge in [0.1, 0.15) is 48.8 Å². The largest absolute Gasteiger partial charge is 0.394 e. The SMILES string of the molecule is CC/C=C\C/C=C\C/C=C\C/C=C\C/C=C\C/C=C\C/C=C\C/C=C\C/C=C\C/C=C\C/C=C\CCCCCCCC(=O)NC(COC1OC(CO)C(OC2OC(CO)C(O)C(O)C2O)C(O)C1O)C(O)/C=C/CC/C=C/CCCCCCCCCCC. The molecule has 14 heteroatoms. The van der Waals surface area contributed by atoms with E-state index in [1.807, 2.05) is 6.08 Å². The maximum Gasteiger partial charge on any atom is 0.220 e. The van der Waals surface area contributed by atoms with Crippen molar-refractivity contribution in [3.8, 4) is 0 Å². The fraction of sp³-hybridized carbons (Fsp3) is 0.635. The van der Waals surface area contributed by atoms with Gasteiger partial charge in [-0.1, -0.05) is 242 Å². The van der Waals surface area contributed by atoms with Gasteiger partial charge in [-0.3, -0.25) is 4.79 Å². The third-order valence-electron chi connectivity index (χ3n) is 15.2. The van der Waals surface area contributed by atoms with Crippen LogP contribution in [0.25, 0.3) is 0 Å². The van der Waals surface area contributed by atoms with Gasteiger partial charge in [-0.05, 0) is 116 Å². The maximum absolute atomic E-state index is 13.3. The Balaban J connectivity index is 1.67. The Morgan fingerprint density at radius 3 is 1.25 bits per heavy atom. The molecule has 9 N–H and O–H groups in total. The van der Waals surface area contributed by atoms with Gasteiger partial charge in [-0.2, -0.15) is 0 Å². The molecule has 2 saturated heterocycles. The van der Waals surface area contributed by atoms with E-state index < -0.39 is 86.8 Å². The number of carbonyl (C=O) groups is 1. The van der Waals surface area contributed by atoms with E-state index in [4.69, 9.17) is 18.9 Å². The second-order valence-corrected chi connectivity index (χ2v) is 22.9. The van der Waals surface area contributed by atoms with Gasteiger partial charge in [-0.25, -0.2) is 0 Å². The molecule has 2 heterocycles. The quantitative estimate of drug-likeness (QED) is 0.0204. The van der Waals surface area contributed by atoms with Gasteiger partial charge in [0, 0.05) is 6.42 Å². The monoisotopic (exact) mass is 1230 g/mol. The summed E-state index contributed by atoms with van der Waals surface area (Å²) in [7, 11) is 0. The summed E-state index contributed by atoms with van der Waals surface area (Å²) < 4.78 is 22.8. The van der Waals surface area contributed by atoms with Crippen LogP contribution < -0.4 is 5.32 Å². The van der Waals surface area contributed by atoms with Crippen LogP contribution in [0.2, 0.25) is 0 Å². The number of rotatable bonds is 52. The van der Waals surface area contributed by atoms with Crippen LogP contribution in [0.4, 0.5) is 0 Å². The molecule has 88 heavy (non-hydrogen) atoms. The number of ether oxygens (including phenoxy) is 4. The maximum atomic E-state index is 13.3. The molecule has 2 aliphatic heterocycles. The number of aliphatic hydroxyl groups excluding tert-OH is 8. The molecule has 0 saturated carbocycles. The van der Waals surface area contributed by atoms with Crippen LogP contribution in [0, 0.1) is 0 Å². The van der Waals surface area contributed by atoms with Crippen molar-refractivity contribution in [2.24, 2.45) is 0 Å². The molecule has 498 valence electrons. The number of amides is 1. The van der Waals surface area contributed by atoms with E-state index in [1.54, 1.807) is 6.08 Å². The predicted octanol–water partition coefficient (Wildman–Crippen LogP) is 13.4. The minimum Gasteiger partial charge on any atom is -0.394 e. The first-order chi connectivity index (χ1) is 43.1. The van der Waals surface area contributed by atoms with Crippen LogP contribution in [-0.2, 0) is 23.7 Å². The van der Waals surface area contributed by atoms with E-state index in [0.717, 1.165) is 116 Å². The molecular weight excluding hydrogens is 1110 g/mol. The first-order valence-corrected chi connectivity index (χ1v) is 33.7. The molecule has 1 amide bonds. The zero-order valence-corrected chi connectivity index (χ0v) is 53.9. The van der Waals surface area contributed by atoms with Crippen molar-refractivity contribution in [1.82, 2.24) is 5.32 Å². The zero-order chi connectivity index (χ0) is 63.8. The summed E-state index contributed by atoms with van der Waals surface area (Å²) >= 11 is 0. The topological polar surface area (TPSA) is 228 Å². The van der Waals surface area contributed by atoms with Gasteiger partial charge < -0.3 is 65.1 Å². The highest BCUT2D eigenvalue weighted by molar-refractivity contribution is 5.76. The highest BCUT2D eigenvalue weighted by atomic mass is 16.7. The highest BCUT2D eigenvalue weighted by Gasteiger charge is 2.51. The average Bonchev–Trinajstić information content (AvgIpc) is 2.99. The van der Waals surface area contributed by atoms with Gasteiger partial charge in [0.15, 0.2) is 12.6 Å². The number of aliphatic hydroxyl groups is 8. The summed E-state index contributed by atoms with van der Waals surface area (Å²) in [5, 5.41) is 87.2. The fourth-order valence-corrected chi connectivity index (χ4v) is 9.84. The normalized spacial score (nSPS) is 24.2. The summed E-state index contributed by atoms with van der Waals surface area (Å²) in [5.41, 5.74) is 0. The lowest BCUT2D eigenvalue weighted by Gasteiger charge is -2.46. The van der Waals surface area contributed by atoms with Crippen molar-refractivity contribution in [1.29, 1.82) is 0 Å². The van der Waals surface area contributed by atoms with E-state index in [9.17, 15) is 45.6 Å².